The second-order valence-electron chi connectivity index (χ2n) is 3.16. The van der Waals surface area contributed by atoms with Crippen LogP contribution in [0.4, 0.5) is 5.69 Å². The van der Waals surface area contributed by atoms with Gasteiger partial charge in [-0.3, -0.25) is 4.79 Å². The molecule has 0 saturated heterocycles. The Labute approximate surface area is 71.6 Å². The van der Waals surface area contributed by atoms with Crippen molar-refractivity contribution in [2.75, 3.05) is 5.73 Å². The van der Waals surface area contributed by atoms with Crippen LogP contribution in [0.3, 0.4) is 0 Å². The lowest BCUT2D eigenvalue weighted by Gasteiger charge is -2.00. The van der Waals surface area contributed by atoms with Gasteiger partial charge in [-0.15, -0.1) is 0 Å². The molecule has 0 radical (unpaired) electrons. The van der Waals surface area contributed by atoms with E-state index in [9.17, 15) is 4.79 Å². The van der Waals surface area contributed by atoms with Crippen LogP contribution >= 0.6 is 0 Å². The first-order chi connectivity index (χ1) is 5.52. The number of Topliss-reactive ketones (excluding diaryl/α,β-unsaturated/α-hetero) is 1. The van der Waals surface area contributed by atoms with Crippen LogP contribution in [0, 0.1) is 12.8 Å². The molecule has 0 aliphatic heterocycles. The number of rotatable bonds is 2. The van der Waals surface area contributed by atoms with Gasteiger partial charge in [-0.05, 0) is 6.92 Å². The van der Waals surface area contributed by atoms with E-state index in [-0.39, 0.29) is 11.7 Å². The molecule has 0 aliphatic rings. The second kappa shape index (κ2) is 3.01. The van der Waals surface area contributed by atoms with Gasteiger partial charge in [0.15, 0.2) is 5.76 Å². The zero-order chi connectivity index (χ0) is 9.30. The Bertz CT molecular complexity index is 299. The first-order valence-corrected chi connectivity index (χ1v) is 3.92. The van der Waals surface area contributed by atoms with E-state index >= 15 is 0 Å². The van der Waals surface area contributed by atoms with Crippen LogP contribution < -0.4 is 5.73 Å². The lowest BCUT2D eigenvalue weighted by molar-refractivity contribution is 0.0911. The monoisotopic (exact) mass is 167 g/mol. The summed E-state index contributed by atoms with van der Waals surface area (Å²) in [5.74, 6) is 0.859. The van der Waals surface area contributed by atoms with Gasteiger partial charge in [0.2, 0.25) is 5.78 Å². The molecule has 0 atom stereocenters. The fraction of sp³-hybridized carbons (Fsp3) is 0.444. The number of carbonyl (C=O) groups is 1. The Morgan fingerprint density at radius 1 is 1.58 bits per heavy atom. The van der Waals surface area contributed by atoms with Gasteiger partial charge in [-0.1, -0.05) is 13.8 Å². The maximum atomic E-state index is 11.4. The van der Waals surface area contributed by atoms with Crippen LogP contribution in [0.25, 0.3) is 0 Å². The summed E-state index contributed by atoms with van der Waals surface area (Å²) in [7, 11) is 0. The first kappa shape index (κ1) is 8.84. The minimum atomic E-state index is -0.0714. The van der Waals surface area contributed by atoms with Crippen molar-refractivity contribution in [3.63, 3.8) is 0 Å². The molecule has 0 aliphatic carbocycles. The maximum absolute atomic E-state index is 11.4. The minimum Gasteiger partial charge on any atom is -0.456 e. The van der Waals surface area contributed by atoms with Gasteiger partial charge >= 0.3 is 0 Å². The molecule has 66 valence electrons. The molecule has 0 saturated carbocycles. The summed E-state index contributed by atoms with van der Waals surface area (Å²) in [6.45, 7) is 5.41. The van der Waals surface area contributed by atoms with Crippen molar-refractivity contribution >= 4 is 11.5 Å². The third kappa shape index (κ3) is 1.49. The van der Waals surface area contributed by atoms with Crippen molar-refractivity contribution in [1.82, 2.24) is 0 Å². The summed E-state index contributed by atoms with van der Waals surface area (Å²) in [5.41, 5.74) is 6.00. The Kier molecular flexibility index (Phi) is 2.22. The Morgan fingerprint density at radius 3 is 2.50 bits per heavy atom. The number of hydrogen-bond donors (Lipinski definition) is 1. The van der Waals surface area contributed by atoms with Crippen molar-refractivity contribution < 1.29 is 9.21 Å². The Hall–Kier alpha value is -1.25. The number of furan rings is 1. The highest BCUT2D eigenvalue weighted by atomic mass is 16.3. The van der Waals surface area contributed by atoms with E-state index in [4.69, 9.17) is 10.2 Å². The Balaban J connectivity index is 3.02. The fourth-order valence-electron chi connectivity index (χ4n) is 0.989. The average Bonchev–Trinajstić information content (AvgIpc) is 2.28. The third-order valence-electron chi connectivity index (χ3n) is 1.63. The van der Waals surface area contributed by atoms with Crippen molar-refractivity contribution in [3.05, 3.63) is 17.6 Å². The van der Waals surface area contributed by atoms with Gasteiger partial charge in [0.05, 0.1) is 5.69 Å². The Morgan fingerprint density at radius 2 is 2.17 bits per heavy atom. The fourth-order valence-corrected chi connectivity index (χ4v) is 0.989. The molecule has 3 nitrogen and oxygen atoms in total. The highest BCUT2D eigenvalue weighted by Crippen LogP contribution is 2.20. The predicted octanol–water partition coefficient (Wildman–Crippen LogP) is 2.01. The molecule has 1 heterocycles. The van der Waals surface area contributed by atoms with E-state index in [1.165, 1.54) is 0 Å². The van der Waals surface area contributed by atoms with Crippen LogP contribution in [0.5, 0.6) is 0 Å². The first-order valence-electron chi connectivity index (χ1n) is 3.92. The summed E-state index contributed by atoms with van der Waals surface area (Å²) in [6, 6.07) is 1.66. The number of ketones is 1. The van der Waals surface area contributed by atoms with Crippen molar-refractivity contribution in [2.24, 2.45) is 5.92 Å². The summed E-state index contributed by atoms with van der Waals surface area (Å²) >= 11 is 0. The van der Waals surface area contributed by atoms with Crippen LogP contribution in [0.1, 0.15) is 30.2 Å². The molecule has 0 unspecified atom stereocenters. The lowest BCUT2D eigenvalue weighted by Crippen LogP contribution is -2.08. The second-order valence-corrected chi connectivity index (χ2v) is 3.16. The third-order valence-corrected chi connectivity index (χ3v) is 1.63. The molecular weight excluding hydrogens is 154 g/mol. The predicted molar refractivity (Wildman–Crippen MR) is 47.0 cm³/mol. The molecule has 1 aromatic heterocycles. The van der Waals surface area contributed by atoms with Crippen LogP contribution in [-0.2, 0) is 0 Å². The van der Waals surface area contributed by atoms with Gasteiger partial charge in [-0.2, -0.15) is 0 Å². The van der Waals surface area contributed by atoms with Gasteiger partial charge in [0, 0.05) is 12.0 Å². The molecule has 2 N–H and O–H groups in total. The summed E-state index contributed by atoms with van der Waals surface area (Å²) in [4.78, 5) is 11.4. The summed E-state index contributed by atoms with van der Waals surface area (Å²) < 4.78 is 5.16. The van der Waals surface area contributed by atoms with Crippen LogP contribution in [-0.4, -0.2) is 5.78 Å². The van der Waals surface area contributed by atoms with E-state index < -0.39 is 0 Å². The molecule has 12 heavy (non-hydrogen) atoms. The van der Waals surface area contributed by atoms with Gasteiger partial charge in [0.25, 0.3) is 0 Å². The normalized spacial score (nSPS) is 10.7. The van der Waals surface area contributed by atoms with Crippen molar-refractivity contribution in [1.29, 1.82) is 0 Å². The smallest absolute Gasteiger partial charge is 0.202 e. The lowest BCUT2D eigenvalue weighted by atomic mass is 10.1. The number of anilines is 1. The molecule has 0 spiro atoms. The van der Waals surface area contributed by atoms with Crippen molar-refractivity contribution in [3.8, 4) is 0 Å². The number of nitrogen functional groups attached to an aromatic ring is 1. The standard InChI is InChI=1S/C9H13NO2/c1-5(2)8(11)9-7(10)4-6(3)12-9/h4-5H,10H2,1-3H3. The molecule has 1 rings (SSSR count). The molecule has 0 aromatic carbocycles. The van der Waals surface area contributed by atoms with Gasteiger partial charge in [0.1, 0.15) is 5.76 Å². The number of hydrogen-bond acceptors (Lipinski definition) is 3. The zero-order valence-corrected chi connectivity index (χ0v) is 7.55. The molecule has 0 amide bonds. The van der Waals surface area contributed by atoms with Gasteiger partial charge < -0.3 is 10.2 Å². The van der Waals surface area contributed by atoms with Gasteiger partial charge in [-0.25, -0.2) is 0 Å². The van der Waals surface area contributed by atoms with E-state index in [2.05, 4.69) is 0 Å². The van der Waals surface area contributed by atoms with Crippen LogP contribution in [0.2, 0.25) is 0 Å². The summed E-state index contributed by atoms with van der Waals surface area (Å²) in [6.07, 6.45) is 0. The maximum Gasteiger partial charge on any atom is 0.202 e. The number of nitrogens with two attached hydrogens (primary N) is 1. The number of carbonyl (C=O) groups excluding carboxylic acids is 1. The highest BCUT2D eigenvalue weighted by molar-refractivity contribution is 5.99. The largest absolute Gasteiger partial charge is 0.456 e. The molecule has 0 bridgehead atoms. The zero-order valence-electron chi connectivity index (χ0n) is 7.55. The van der Waals surface area contributed by atoms with E-state index in [1.807, 2.05) is 13.8 Å². The SMILES string of the molecule is Cc1cc(N)c(C(=O)C(C)C)o1. The topological polar surface area (TPSA) is 56.2 Å². The van der Waals surface area contributed by atoms with E-state index in [1.54, 1.807) is 13.0 Å². The molecule has 3 heteroatoms. The van der Waals surface area contributed by atoms with E-state index in [0.29, 0.717) is 17.2 Å². The molecule has 0 fully saturated rings. The highest BCUT2D eigenvalue weighted by Gasteiger charge is 2.17. The van der Waals surface area contributed by atoms with Crippen molar-refractivity contribution in [2.45, 2.75) is 20.8 Å². The quantitative estimate of drug-likeness (QED) is 0.685. The summed E-state index contributed by atoms with van der Waals surface area (Å²) in [5, 5.41) is 0. The minimum absolute atomic E-state index is 0.0411. The molecular formula is C9H13NO2. The number of aryl methyl sites for hydroxylation is 1. The molecule has 1 aromatic rings. The van der Waals surface area contributed by atoms with Crippen LogP contribution in [0.15, 0.2) is 10.5 Å². The van der Waals surface area contributed by atoms with E-state index in [0.717, 1.165) is 0 Å². The average molecular weight is 167 g/mol.